The largest absolute Gasteiger partial charge is 0.491 e. The fourth-order valence-corrected chi connectivity index (χ4v) is 1.03. The smallest absolute Gasteiger partial charge is 0.381 e. The average Bonchev–Trinajstić information content (AvgIpc) is 2.53. The van der Waals surface area contributed by atoms with E-state index in [1.807, 2.05) is 0 Å². The quantitative estimate of drug-likeness (QED) is 0.535. The van der Waals surface area contributed by atoms with Gasteiger partial charge in [0.1, 0.15) is 0 Å². The van der Waals surface area contributed by atoms with Crippen molar-refractivity contribution in [2.45, 2.75) is 6.18 Å². The highest BCUT2D eigenvalue weighted by atomic mass is 32.1. The molecule has 0 bridgehead atoms. The van der Waals surface area contributed by atoms with Gasteiger partial charge in [0.25, 0.3) is 0 Å². The van der Waals surface area contributed by atoms with Crippen molar-refractivity contribution in [1.82, 2.24) is 4.98 Å². The number of carbonyl (C=O) groups is 2. The van der Waals surface area contributed by atoms with E-state index in [2.05, 4.69) is 9.72 Å². The second kappa shape index (κ2) is 3.74. The van der Waals surface area contributed by atoms with Gasteiger partial charge >= 0.3 is 18.1 Å². The molecule has 0 aromatic carbocycles. The van der Waals surface area contributed by atoms with Crippen molar-refractivity contribution in [2.24, 2.45) is 0 Å². The van der Waals surface area contributed by atoms with E-state index in [9.17, 15) is 22.8 Å². The maximum Gasteiger partial charge on any atom is 0.491 e. The van der Waals surface area contributed by atoms with Crippen LogP contribution in [0.25, 0.3) is 0 Å². The number of hydrogen-bond acceptors (Lipinski definition) is 5. The van der Waals surface area contributed by atoms with E-state index in [0.717, 1.165) is 11.3 Å². The second-order valence-corrected chi connectivity index (χ2v) is 2.77. The van der Waals surface area contributed by atoms with E-state index in [1.54, 1.807) is 0 Å². The molecule has 0 saturated carbocycles. The first-order chi connectivity index (χ1) is 6.41. The molecule has 1 aromatic heterocycles. The van der Waals surface area contributed by atoms with Gasteiger partial charge < -0.3 is 4.74 Å². The lowest BCUT2D eigenvalue weighted by molar-refractivity contribution is -0.193. The van der Waals surface area contributed by atoms with Crippen molar-refractivity contribution in [3.63, 3.8) is 0 Å². The number of nitrogens with zero attached hydrogens (tertiary/aromatic N) is 1. The molecule has 0 aliphatic heterocycles. The molecule has 0 spiro atoms. The summed E-state index contributed by atoms with van der Waals surface area (Å²) in [5.74, 6) is -3.95. The molecule has 1 aromatic rings. The molecule has 0 atom stereocenters. The van der Waals surface area contributed by atoms with Crippen LogP contribution in [0, 0.1) is 0 Å². The zero-order valence-corrected chi connectivity index (χ0v) is 7.19. The van der Waals surface area contributed by atoms with Crippen LogP contribution in [0.15, 0.2) is 10.9 Å². The number of aromatic nitrogens is 1. The molecule has 0 unspecified atom stereocenters. The van der Waals surface area contributed by atoms with Crippen molar-refractivity contribution in [2.75, 3.05) is 0 Å². The Morgan fingerprint density at radius 1 is 1.43 bits per heavy atom. The summed E-state index contributed by atoms with van der Waals surface area (Å²) >= 11 is 0.998. The van der Waals surface area contributed by atoms with Crippen LogP contribution in [0.2, 0.25) is 0 Å². The zero-order valence-electron chi connectivity index (χ0n) is 6.37. The van der Waals surface area contributed by atoms with Crippen molar-refractivity contribution in [1.29, 1.82) is 0 Å². The van der Waals surface area contributed by atoms with Crippen LogP contribution < -0.4 is 0 Å². The van der Waals surface area contributed by atoms with Crippen molar-refractivity contribution in [3.8, 4) is 0 Å². The molecule has 0 amide bonds. The third-order valence-electron chi connectivity index (χ3n) is 1.06. The zero-order chi connectivity index (χ0) is 10.8. The molecule has 14 heavy (non-hydrogen) atoms. The molecule has 0 aliphatic carbocycles. The minimum Gasteiger partial charge on any atom is -0.381 e. The Morgan fingerprint density at radius 2 is 2.07 bits per heavy atom. The first-order valence-corrected chi connectivity index (χ1v) is 4.07. The first-order valence-electron chi connectivity index (χ1n) is 3.13. The predicted octanol–water partition coefficient (Wildman–Crippen LogP) is 1.39. The van der Waals surface area contributed by atoms with Crippen molar-refractivity contribution in [3.05, 3.63) is 16.6 Å². The van der Waals surface area contributed by atoms with Gasteiger partial charge in [0.2, 0.25) is 0 Å². The number of alkyl halides is 3. The van der Waals surface area contributed by atoms with Crippen LogP contribution in [0.3, 0.4) is 0 Å². The van der Waals surface area contributed by atoms with Gasteiger partial charge in [0.15, 0.2) is 5.69 Å². The number of thiazole rings is 1. The second-order valence-electron chi connectivity index (χ2n) is 2.05. The van der Waals surface area contributed by atoms with Gasteiger partial charge in [-0.2, -0.15) is 13.2 Å². The van der Waals surface area contributed by atoms with Crippen LogP contribution >= 0.6 is 11.3 Å². The molecule has 0 aliphatic rings. The highest BCUT2D eigenvalue weighted by Gasteiger charge is 2.42. The highest BCUT2D eigenvalue weighted by molar-refractivity contribution is 7.07. The summed E-state index contributed by atoms with van der Waals surface area (Å²) in [5, 5.41) is 1.17. The maximum absolute atomic E-state index is 11.6. The topological polar surface area (TPSA) is 56.3 Å². The Morgan fingerprint density at radius 3 is 2.50 bits per heavy atom. The van der Waals surface area contributed by atoms with Gasteiger partial charge in [-0.05, 0) is 0 Å². The summed E-state index contributed by atoms with van der Waals surface area (Å²) in [6.45, 7) is 0. The third kappa shape index (κ3) is 2.52. The van der Waals surface area contributed by atoms with Crippen LogP contribution in [-0.4, -0.2) is 23.1 Å². The maximum atomic E-state index is 11.6. The Labute approximate surface area is 79.3 Å². The van der Waals surface area contributed by atoms with Gasteiger partial charge in [0.05, 0.1) is 5.51 Å². The minimum atomic E-state index is -5.17. The highest BCUT2D eigenvalue weighted by Crippen LogP contribution is 2.17. The van der Waals surface area contributed by atoms with E-state index in [4.69, 9.17) is 0 Å². The average molecular weight is 225 g/mol. The Bertz CT molecular complexity index is 346. The normalized spacial score (nSPS) is 11.1. The molecular formula is C6H2F3NO3S. The summed E-state index contributed by atoms with van der Waals surface area (Å²) in [6.07, 6.45) is -5.17. The lowest BCUT2D eigenvalue weighted by Crippen LogP contribution is -2.28. The lowest BCUT2D eigenvalue weighted by Gasteiger charge is -2.03. The molecule has 4 nitrogen and oxygen atoms in total. The number of esters is 2. The molecule has 0 saturated heterocycles. The van der Waals surface area contributed by atoms with E-state index in [0.29, 0.717) is 0 Å². The Kier molecular flexibility index (Phi) is 2.84. The first kappa shape index (κ1) is 10.6. The SMILES string of the molecule is O=C(OC(=O)C(F)(F)F)c1cscn1. The van der Waals surface area contributed by atoms with Crippen molar-refractivity contribution >= 4 is 23.3 Å². The lowest BCUT2D eigenvalue weighted by atomic mass is 10.5. The van der Waals surface area contributed by atoms with E-state index in [1.165, 1.54) is 10.9 Å². The molecule has 0 N–H and O–H groups in total. The molecule has 1 rings (SSSR count). The molecule has 76 valence electrons. The van der Waals surface area contributed by atoms with Gasteiger partial charge in [-0.15, -0.1) is 11.3 Å². The molecular weight excluding hydrogens is 223 g/mol. The number of rotatable bonds is 1. The van der Waals surface area contributed by atoms with Gasteiger partial charge in [-0.25, -0.2) is 14.6 Å². The molecule has 8 heteroatoms. The van der Waals surface area contributed by atoms with Gasteiger partial charge in [-0.1, -0.05) is 0 Å². The summed E-state index contributed by atoms with van der Waals surface area (Å²) in [7, 11) is 0. The summed E-state index contributed by atoms with van der Waals surface area (Å²) in [5.41, 5.74) is 0.905. The predicted molar refractivity (Wildman–Crippen MR) is 38.6 cm³/mol. The van der Waals surface area contributed by atoms with Gasteiger partial charge in [-0.3, -0.25) is 0 Å². The fourth-order valence-electron chi connectivity index (χ4n) is 0.508. The van der Waals surface area contributed by atoms with Crippen LogP contribution in [0.5, 0.6) is 0 Å². The number of halogens is 3. The van der Waals surface area contributed by atoms with Crippen LogP contribution in [-0.2, 0) is 9.53 Å². The molecule has 0 radical (unpaired) electrons. The van der Waals surface area contributed by atoms with Crippen LogP contribution in [0.4, 0.5) is 13.2 Å². The third-order valence-corrected chi connectivity index (χ3v) is 1.64. The summed E-state index contributed by atoms with van der Waals surface area (Å²) in [6, 6.07) is 0. The minimum absolute atomic E-state index is 0.326. The molecule has 1 heterocycles. The number of ether oxygens (including phenoxy) is 1. The van der Waals surface area contributed by atoms with E-state index < -0.39 is 18.1 Å². The number of carbonyl (C=O) groups excluding carboxylic acids is 2. The van der Waals surface area contributed by atoms with E-state index in [-0.39, 0.29) is 5.69 Å². The number of hydrogen-bond donors (Lipinski definition) is 0. The molecule has 0 fully saturated rings. The van der Waals surface area contributed by atoms with Crippen molar-refractivity contribution < 1.29 is 27.5 Å². The fraction of sp³-hybridized carbons (Fsp3) is 0.167. The monoisotopic (exact) mass is 225 g/mol. The van der Waals surface area contributed by atoms with E-state index >= 15 is 0 Å². The van der Waals surface area contributed by atoms with Crippen LogP contribution in [0.1, 0.15) is 10.5 Å². The summed E-state index contributed by atoms with van der Waals surface area (Å²) < 4.78 is 38.3. The summed E-state index contributed by atoms with van der Waals surface area (Å²) in [4.78, 5) is 24.3. The Hall–Kier alpha value is -1.44. The standard InChI is InChI=1S/C6H2F3NO3S/c7-6(8,9)5(12)13-4(11)3-1-14-2-10-3/h1-2H. The Balaban J connectivity index is 2.63. The van der Waals surface area contributed by atoms with Gasteiger partial charge in [0, 0.05) is 5.38 Å².